The van der Waals surface area contributed by atoms with Crippen LogP contribution in [-0.4, -0.2) is 23.2 Å². The highest BCUT2D eigenvalue weighted by Crippen LogP contribution is 2.34. The Hall–Kier alpha value is -1.53. The Morgan fingerprint density at radius 2 is 2.05 bits per heavy atom. The van der Waals surface area contributed by atoms with Crippen molar-refractivity contribution in [1.29, 1.82) is 0 Å². The zero-order valence-electron chi connectivity index (χ0n) is 10.3. The zero-order chi connectivity index (χ0) is 13.2. The molecule has 0 saturated heterocycles. The Morgan fingerprint density at radius 1 is 1.26 bits per heavy atom. The summed E-state index contributed by atoms with van der Waals surface area (Å²) in [5.41, 5.74) is 8.41. The highest BCUT2D eigenvalue weighted by Gasteiger charge is 2.15. The molecule has 1 aromatic carbocycles. The molecule has 1 aliphatic heterocycles. The molecule has 100 valence electrons. The molecular formula is C13H14BrN3O2. The molecule has 5 nitrogen and oxygen atoms in total. The molecule has 3 rings (SSSR count). The molecule has 0 fully saturated rings. The second kappa shape index (κ2) is 5.22. The Kier molecular flexibility index (Phi) is 3.44. The average Bonchev–Trinajstić information content (AvgIpc) is 2.66. The van der Waals surface area contributed by atoms with Crippen LogP contribution < -0.4 is 15.2 Å². The van der Waals surface area contributed by atoms with E-state index in [1.54, 1.807) is 0 Å². The first kappa shape index (κ1) is 12.5. The lowest BCUT2D eigenvalue weighted by atomic mass is 10.1. The summed E-state index contributed by atoms with van der Waals surface area (Å²) in [6.07, 6.45) is 0.895. The molecule has 0 spiro atoms. The maximum Gasteiger partial charge on any atom is 0.175 e. The summed E-state index contributed by atoms with van der Waals surface area (Å²) < 4.78 is 12.0. The molecule has 2 aromatic rings. The number of benzene rings is 1. The van der Waals surface area contributed by atoms with Crippen molar-refractivity contribution in [3.63, 3.8) is 0 Å². The smallest absolute Gasteiger partial charge is 0.175 e. The van der Waals surface area contributed by atoms with Gasteiger partial charge >= 0.3 is 0 Å². The number of imidazole rings is 1. The zero-order valence-corrected chi connectivity index (χ0v) is 11.9. The van der Waals surface area contributed by atoms with Gasteiger partial charge in [0.25, 0.3) is 0 Å². The quantitative estimate of drug-likeness (QED) is 0.890. The SMILES string of the molecule is NCc1[nH]c(Br)nc1-c1ccc2c(c1)OCCCO2. The maximum absolute atomic E-state index is 5.72. The number of nitrogens with one attached hydrogen (secondary N) is 1. The fraction of sp³-hybridized carbons (Fsp3) is 0.308. The molecule has 2 heterocycles. The summed E-state index contributed by atoms with van der Waals surface area (Å²) in [5, 5.41) is 0. The van der Waals surface area contributed by atoms with Gasteiger partial charge in [0.05, 0.1) is 24.6 Å². The van der Waals surface area contributed by atoms with Crippen LogP contribution >= 0.6 is 15.9 Å². The molecule has 19 heavy (non-hydrogen) atoms. The van der Waals surface area contributed by atoms with Gasteiger partial charge in [-0.2, -0.15) is 0 Å². The third-order valence-corrected chi connectivity index (χ3v) is 3.35. The second-order valence-electron chi connectivity index (χ2n) is 4.27. The molecular weight excluding hydrogens is 310 g/mol. The average molecular weight is 324 g/mol. The van der Waals surface area contributed by atoms with Crippen LogP contribution in [0.4, 0.5) is 0 Å². The fourth-order valence-electron chi connectivity index (χ4n) is 2.07. The van der Waals surface area contributed by atoms with Crippen LogP contribution in [-0.2, 0) is 6.54 Å². The predicted molar refractivity (Wildman–Crippen MR) is 75.2 cm³/mol. The maximum atomic E-state index is 5.72. The molecule has 0 amide bonds. The van der Waals surface area contributed by atoms with Gasteiger partial charge < -0.3 is 20.2 Å². The van der Waals surface area contributed by atoms with Gasteiger partial charge in [-0.1, -0.05) is 0 Å². The largest absolute Gasteiger partial charge is 0.490 e. The number of hydrogen-bond donors (Lipinski definition) is 2. The molecule has 0 saturated carbocycles. The van der Waals surface area contributed by atoms with E-state index in [9.17, 15) is 0 Å². The third kappa shape index (κ3) is 2.46. The van der Waals surface area contributed by atoms with Crippen molar-refractivity contribution in [1.82, 2.24) is 9.97 Å². The number of nitrogens with zero attached hydrogens (tertiary/aromatic N) is 1. The Labute approximate surface area is 119 Å². The van der Waals surface area contributed by atoms with Crippen molar-refractivity contribution < 1.29 is 9.47 Å². The minimum Gasteiger partial charge on any atom is -0.490 e. The van der Waals surface area contributed by atoms with E-state index in [0.29, 0.717) is 24.5 Å². The Balaban J connectivity index is 2.03. The van der Waals surface area contributed by atoms with Crippen LogP contribution in [0.15, 0.2) is 22.9 Å². The number of fused-ring (bicyclic) bond motifs is 1. The van der Waals surface area contributed by atoms with Crippen molar-refractivity contribution in [2.75, 3.05) is 13.2 Å². The first-order valence-electron chi connectivity index (χ1n) is 6.12. The molecule has 1 aromatic heterocycles. The van der Waals surface area contributed by atoms with Crippen molar-refractivity contribution in [3.05, 3.63) is 28.6 Å². The molecule has 6 heteroatoms. The summed E-state index contributed by atoms with van der Waals surface area (Å²) >= 11 is 3.33. The number of hydrogen-bond acceptors (Lipinski definition) is 4. The Morgan fingerprint density at radius 3 is 2.84 bits per heavy atom. The van der Waals surface area contributed by atoms with Gasteiger partial charge in [0.2, 0.25) is 0 Å². The molecule has 0 aliphatic carbocycles. The van der Waals surface area contributed by atoms with Crippen LogP contribution in [0.1, 0.15) is 12.1 Å². The van der Waals surface area contributed by atoms with Crippen LogP contribution in [0, 0.1) is 0 Å². The highest BCUT2D eigenvalue weighted by atomic mass is 79.9. The van der Waals surface area contributed by atoms with E-state index in [-0.39, 0.29) is 0 Å². The molecule has 0 bridgehead atoms. The molecule has 0 atom stereocenters. The number of H-pyrrole nitrogens is 1. The summed E-state index contributed by atoms with van der Waals surface area (Å²) in [6, 6.07) is 5.83. The van der Waals surface area contributed by atoms with Crippen LogP contribution in [0.5, 0.6) is 11.5 Å². The molecule has 0 radical (unpaired) electrons. The number of nitrogens with two attached hydrogens (primary N) is 1. The van der Waals surface area contributed by atoms with Gasteiger partial charge in [0, 0.05) is 18.5 Å². The molecule has 3 N–H and O–H groups in total. The van der Waals surface area contributed by atoms with Crippen LogP contribution in [0.2, 0.25) is 0 Å². The van der Waals surface area contributed by atoms with Crippen LogP contribution in [0.3, 0.4) is 0 Å². The number of halogens is 1. The van der Waals surface area contributed by atoms with E-state index in [1.165, 1.54) is 0 Å². The normalized spacial score (nSPS) is 14.2. The van der Waals surface area contributed by atoms with E-state index >= 15 is 0 Å². The van der Waals surface area contributed by atoms with Crippen molar-refractivity contribution in [2.24, 2.45) is 5.73 Å². The van der Waals surface area contributed by atoms with Crippen molar-refractivity contribution >= 4 is 15.9 Å². The lowest BCUT2D eigenvalue weighted by molar-refractivity contribution is 0.297. The van der Waals surface area contributed by atoms with Gasteiger partial charge in [-0.05, 0) is 34.1 Å². The first-order chi connectivity index (χ1) is 9.28. The Bertz CT molecular complexity index is 598. The number of aromatic amines is 1. The minimum atomic E-state index is 0.405. The van der Waals surface area contributed by atoms with E-state index < -0.39 is 0 Å². The number of rotatable bonds is 2. The van der Waals surface area contributed by atoms with Crippen LogP contribution in [0.25, 0.3) is 11.3 Å². The lowest BCUT2D eigenvalue weighted by Crippen LogP contribution is -1.99. The van der Waals surface area contributed by atoms with E-state index in [1.807, 2.05) is 18.2 Å². The van der Waals surface area contributed by atoms with Crippen molar-refractivity contribution in [2.45, 2.75) is 13.0 Å². The predicted octanol–water partition coefficient (Wildman–Crippen LogP) is 2.46. The summed E-state index contributed by atoms with van der Waals surface area (Å²) in [4.78, 5) is 7.50. The minimum absolute atomic E-state index is 0.405. The third-order valence-electron chi connectivity index (χ3n) is 2.97. The fourth-order valence-corrected chi connectivity index (χ4v) is 2.49. The number of ether oxygens (including phenoxy) is 2. The highest BCUT2D eigenvalue weighted by molar-refractivity contribution is 9.10. The van der Waals surface area contributed by atoms with Gasteiger partial charge in [0.1, 0.15) is 0 Å². The van der Waals surface area contributed by atoms with Crippen molar-refractivity contribution in [3.8, 4) is 22.8 Å². The second-order valence-corrected chi connectivity index (χ2v) is 5.02. The summed E-state index contributed by atoms with van der Waals surface area (Å²) in [6.45, 7) is 1.77. The van der Waals surface area contributed by atoms with E-state index in [4.69, 9.17) is 15.2 Å². The number of aromatic nitrogens is 2. The van der Waals surface area contributed by atoms with Gasteiger partial charge in [0.15, 0.2) is 16.2 Å². The molecule has 1 aliphatic rings. The summed E-state index contributed by atoms with van der Waals surface area (Å²) in [5.74, 6) is 1.54. The van der Waals surface area contributed by atoms with E-state index in [0.717, 1.165) is 34.9 Å². The lowest BCUT2D eigenvalue weighted by Gasteiger charge is -2.08. The van der Waals surface area contributed by atoms with E-state index in [2.05, 4.69) is 25.9 Å². The van der Waals surface area contributed by atoms with Gasteiger partial charge in [-0.25, -0.2) is 4.98 Å². The van der Waals surface area contributed by atoms with Gasteiger partial charge in [-0.3, -0.25) is 0 Å². The van der Waals surface area contributed by atoms with Gasteiger partial charge in [-0.15, -0.1) is 0 Å². The first-order valence-corrected chi connectivity index (χ1v) is 6.91. The summed E-state index contributed by atoms with van der Waals surface area (Å²) in [7, 11) is 0. The topological polar surface area (TPSA) is 73.2 Å². The standard InChI is InChI=1S/C13H14BrN3O2/c14-13-16-9(7-15)12(17-13)8-2-3-10-11(6-8)19-5-1-4-18-10/h2-3,6H,1,4-5,7,15H2,(H,16,17). The monoisotopic (exact) mass is 323 g/mol. The molecule has 0 unspecified atom stereocenters.